The van der Waals surface area contributed by atoms with Gasteiger partial charge in [-0.05, 0) is 37.5 Å². The van der Waals surface area contributed by atoms with Crippen LogP contribution >= 0.6 is 11.6 Å². The number of nitrogens with one attached hydrogen (secondary N) is 1. The molecule has 0 spiro atoms. The maximum absolute atomic E-state index is 9.80. The van der Waals surface area contributed by atoms with E-state index in [9.17, 15) is 5.11 Å². The molecule has 0 aromatic heterocycles. The maximum atomic E-state index is 9.80. The zero-order valence-electron chi connectivity index (χ0n) is 8.83. The highest BCUT2D eigenvalue weighted by molar-refractivity contribution is 6.30. The molecule has 0 saturated carbocycles. The fourth-order valence-corrected chi connectivity index (χ4v) is 2.21. The fraction of sp³-hybridized carbons (Fsp3) is 0.500. The quantitative estimate of drug-likeness (QED) is 0.807. The summed E-state index contributed by atoms with van der Waals surface area (Å²) in [7, 11) is 0. The van der Waals surface area contributed by atoms with Crippen LogP contribution in [0.2, 0.25) is 5.02 Å². The number of aliphatic hydroxyl groups is 1. The van der Waals surface area contributed by atoms with Crippen LogP contribution in [-0.4, -0.2) is 23.3 Å². The van der Waals surface area contributed by atoms with Gasteiger partial charge in [0.2, 0.25) is 0 Å². The molecule has 1 fully saturated rings. The van der Waals surface area contributed by atoms with Gasteiger partial charge in [0.05, 0.1) is 5.60 Å². The summed E-state index contributed by atoms with van der Waals surface area (Å²) in [6.07, 6.45) is 1.77. The van der Waals surface area contributed by atoms with Crippen molar-refractivity contribution in [3.05, 3.63) is 34.9 Å². The topological polar surface area (TPSA) is 32.3 Å². The molecule has 0 aliphatic carbocycles. The molecule has 1 aliphatic heterocycles. The van der Waals surface area contributed by atoms with E-state index >= 15 is 0 Å². The van der Waals surface area contributed by atoms with Gasteiger partial charge in [0.25, 0.3) is 0 Å². The third-order valence-corrected chi connectivity index (χ3v) is 3.11. The summed E-state index contributed by atoms with van der Waals surface area (Å²) in [5.41, 5.74) is 0.714. The van der Waals surface area contributed by atoms with E-state index in [0.29, 0.717) is 12.6 Å². The van der Waals surface area contributed by atoms with Gasteiger partial charge in [0.15, 0.2) is 0 Å². The highest BCUT2D eigenvalue weighted by atomic mass is 35.5. The molecule has 1 aromatic carbocycles. The molecule has 2 N–H and O–H groups in total. The molecule has 1 heterocycles. The number of hydrogen-bond acceptors (Lipinski definition) is 2. The molecule has 1 aliphatic rings. The van der Waals surface area contributed by atoms with E-state index in [1.807, 2.05) is 31.2 Å². The Morgan fingerprint density at radius 1 is 1.47 bits per heavy atom. The summed E-state index contributed by atoms with van der Waals surface area (Å²) in [4.78, 5) is 0. The zero-order valence-corrected chi connectivity index (χ0v) is 9.59. The zero-order chi connectivity index (χ0) is 10.9. The highest BCUT2D eigenvalue weighted by Crippen LogP contribution is 2.21. The lowest BCUT2D eigenvalue weighted by Crippen LogP contribution is -2.26. The molecule has 0 amide bonds. The normalized spacial score (nSPS) is 30.7. The van der Waals surface area contributed by atoms with Gasteiger partial charge in [-0.3, -0.25) is 0 Å². The van der Waals surface area contributed by atoms with E-state index in [2.05, 4.69) is 5.32 Å². The van der Waals surface area contributed by atoms with Crippen molar-refractivity contribution in [2.75, 3.05) is 6.54 Å². The van der Waals surface area contributed by atoms with Gasteiger partial charge in [-0.2, -0.15) is 0 Å². The van der Waals surface area contributed by atoms with Gasteiger partial charge in [-0.1, -0.05) is 23.7 Å². The highest BCUT2D eigenvalue weighted by Gasteiger charge is 2.32. The van der Waals surface area contributed by atoms with Crippen molar-refractivity contribution in [3.8, 4) is 0 Å². The first-order valence-corrected chi connectivity index (χ1v) is 5.63. The van der Waals surface area contributed by atoms with E-state index in [4.69, 9.17) is 11.6 Å². The molecule has 82 valence electrons. The predicted molar refractivity (Wildman–Crippen MR) is 62.2 cm³/mol. The van der Waals surface area contributed by atoms with Gasteiger partial charge in [0, 0.05) is 17.6 Å². The molecule has 2 atom stereocenters. The van der Waals surface area contributed by atoms with Crippen LogP contribution in [0.5, 0.6) is 0 Å². The Hall–Kier alpha value is -0.570. The van der Waals surface area contributed by atoms with E-state index in [1.54, 1.807) is 0 Å². The van der Waals surface area contributed by atoms with Crippen molar-refractivity contribution >= 4 is 11.6 Å². The number of benzene rings is 1. The van der Waals surface area contributed by atoms with Gasteiger partial charge in [0.1, 0.15) is 0 Å². The molecule has 3 heteroatoms. The summed E-state index contributed by atoms with van der Waals surface area (Å²) in [5.74, 6) is 0. The molecule has 2 nitrogen and oxygen atoms in total. The molecule has 0 bridgehead atoms. The van der Waals surface area contributed by atoms with Gasteiger partial charge in [-0.25, -0.2) is 0 Å². The summed E-state index contributed by atoms with van der Waals surface area (Å²) < 4.78 is 0. The average molecular weight is 226 g/mol. The standard InChI is InChI=1S/C12H16ClNO/c1-12(15)7-11(14-8-12)6-9-2-4-10(13)5-3-9/h2-5,11,14-15H,6-8H2,1H3/t11-,12?/m0/s1. The number of rotatable bonds is 2. The Bertz CT molecular complexity index is 334. The Morgan fingerprint density at radius 3 is 2.67 bits per heavy atom. The van der Waals surface area contributed by atoms with Crippen LogP contribution in [0.3, 0.4) is 0 Å². The summed E-state index contributed by atoms with van der Waals surface area (Å²) in [5, 5.41) is 13.9. The van der Waals surface area contributed by atoms with Crippen molar-refractivity contribution in [1.29, 1.82) is 0 Å². The van der Waals surface area contributed by atoms with E-state index in [-0.39, 0.29) is 0 Å². The minimum Gasteiger partial charge on any atom is -0.389 e. The van der Waals surface area contributed by atoms with Crippen molar-refractivity contribution < 1.29 is 5.11 Å². The van der Waals surface area contributed by atoms with Crippen molar-refractivity contribution in [3.63, 3.8) is 0 Å². The summed E-state index contributed by atoms with van der Waals surface area (Å²) >= 11 is 5.82. The molecule has 1 unspecified atom stereocenters. The number of hydrogen-bond donors (Lipinski definition) is 2. The van der Waals surface area contributed by atoms with Crippen molar-refractivity contribution in [2.45, 2.75) is 31.4 Å². The maximum Gasteiger partial charge on any atom is 0.0758 e. The van der Waals surface area contributed by atoms with Crippen molar-refractivity contribution in [2.24, 2.45) is 0 Å². The minimum absolute atomic E-state index is 0.376. The van der Waals surface area contributed by atoms with Crippen LogP contribution in [0.4, 0.5) is 0 Å². The Labute approximate surface area is 95.3 Å². The smallest absolute Gasteiger partial charge is 0.0758 e. The number of halogens is 1. The lowest BCUT2D eigenvalue weighted by molar-refractivity contribution is 0.0792. The first kappa shape index (κ1) is 10.9. The molecule has 1 saturated heterocycles. The summed E-state index contributed by atoms with van der Waals surface area (Å²) in [6, 6.07) is 8.27. The van der Waals surface area contributed by atoms with E-state index in [1.165, 1.54) is 5.56 Å². The van der Waals surface area contributed by atoms with Crippen LogP contribution in [0.1, 0.15) is 18.9 Å². The van der Waals surface area contributed by atoms with Crippen LogP contribution in [0.25, 0.3) is 0 Å². The Morgan fingerprint density at radius 2 is 2.13 bits per heavy atom. The second-order valence-corrected chi connectivity index (χ2v) is 5.05. The Balaban J connectivity index is 1.96. The molecule has 0 radical (unpaired) electrons. The fourth-order valence-electron chi connectivity index (χ4n) is 2.09. The second kappa shape index (κ2) is 4.12. The predicted octanol–water partition coefficient (Wildman–Crippen LogP) is 2.00. The van der Waals surface area contributed by atoms with E-state index < -0.39 is 5.60 Å². The molecule has 15 heavy (non-hydrogen) atoms. The van der Waals surface area contributed by atoms with Crippen LogP contribution in [0.15, 0.2) is 24.3 Å². The monoisotopic (exact) mass is 225 g/mol. The van der Waals surface area contributed by atoms with Crippen molar-refractivity contribution in [1.82, 2.24) is 5.32 Å². The Kier molecular flexibility index (Phi) is 3.01. The third-order valence-electron chi connectivity index (χ3n) is 2.85. The lowest BCUT2D eigenvalue weighted by Gasteiger charge is -2.14. The first-order valence-electron chi connectivity index (χ1n) is 5.25. The van der Waals surface area contributed by atoms with E-state index in [0.717, 1.165) is 17.9 Å². The van der Waals surface area contributed by atoms with Gasteiger partial charge < -0.3 is 10.4 Å². The number of β-amino-alcohol motifs (C(OH)–C–C–N with tert-alkyl or cyclic N) is 1. The SMILES string of the molecule is CC1(O)CN[C@@H](Cc2ccc(Cl)cc2)C1. The first-order chi connectivity index (χ1) is 7.05. The largest absolute Gasteiger partial charge is 0.389 e. The van der Waals surface area contributed by atoms with Crippen LogP contribution in [-0.2, 0) is 6.42 Å². The third kappa shape index (κ3) is 2.94. The average Bonchev–Trinajstić information content (AvgIpc) is 2.50. The van der Waals surface area contributed by atoms with Crippen LogP contribution in [0, 0.1) is 0 Å². The minimum atomic E-state index is -0.545. The van der Waals surface area contributed by atoms with Gasteiger partial charge in [-0.15, -0.1) is 0 Å². The summed E-state index contributed by atoms with van der Waals surface area (Å²) in [6.45, 7) is 2.56. The van der Waals surface area contributed by atoms with Gasteiger partial charge >= 0.3 is 0 Å². The van der Waals surface area contributed by atoms with Crippen LogP contribution < -0.4 is 5.32 Å². The molecular weight excluding hydrogens is 210 g/mol. The second-order valence-electron chi connectivity index (χ2n) is 4.61. The lowest BCUT2D eigenvalue weighted by atomic mass is 9.98. The molecule has 1 aromatic rings. The molecular formula is C12H16ClNO. The molecule has 2 rings (SSSR count).